The predicted octanol–water partition coefficient (Wildman–Crippen LogP) is 2.90. The first-order chi connectivity index (χ1) is 11.6. The van der Waals surface area contributed by atoms with E-state index in [1.165, 1.54) is 31.3 Å². The first kappa shape index (κ1) is 17.3. The highest BCUT2D eigenvalue weighted by molar-refractivity contribution is 7.99. The lowest BCUT2D eigenvalue weighted by atomic mass is 9.97. The fourth-order valence-electron chi connectivity index (χ4n) is 3.30. The Bertz CT molecular complexity index is 724. The Morgan fingerprint density at radius 2 is 2.25 bits per heavy atom. The number of hydrogen-bond donors (Lipinski definition) is 1. The molecule has 5 nitrogen and oxygen atoms in total. The van der Waals surface area contributed by atoms with Gasteiger partial charge in [0.2, 0.25) is 5.91 Å². The SMILES string of the molecule is Cc1nc2n(c(=O)c1C)C(CC(=O)NCCC1=CCCCC1)CS2. The summed E-state index contributed by atoms with van der Waals surface area (Å²) in [5.41, 5.74) is 2.92. The number of carbonyl (C=O) groups excluding carboxylic acids is 1. The van der Waals surface area contributed by atoms with Gasteiger partial charge in [0.25, 0.3) is 5.56 Å². The third kappa shape index (κ3) is 3.74. The van der Waals surface area contributed by atoms with Gasteiger partial charge in [-0.1, -0.05) is 23.4 Å². The molecule has 1 aliphatic heterocycles. The zero-order chi connectivity index (χ0) is 17.1. The van der Waals surface area contributed by atoms with E-state index in [2.05, 4.69) is 16.4 Å². The summed E-state index contributed by atoms with van der Waals surface area (Å²) in [5.74, 6) is 0.763. The summed E-state index contributed by atoms with van der Waals surface area (Å²) < 4.78 is 1.70. The van der Waals surface area contributed by atoms with E-state index in [-0.39, 0.29) is 17.5 Å². The molecule has 130 valence electrons. The van der Waals surface area contributed by atoms with Gasteiger partial charge in [-0.3, -0.25) is 14.2 Å². The van der Waals surface area contributed by atoms with E-state index in [0.717, 1.165) is 23.0 Å². The number of hydrogen-bond acceptors (Lipinski definition) is 4. The summed E-state index contributed by atoms with van der Waals surface area (Å²) in [6, 6.07) is -0.0850. The molecule has 0 saturated heterocycles. The number of nitrogens with zero attached hydrogens (tertiary/aromatic N) is 2. The van der Waals surface area contributed by atoms with Crippen molar-refractivity contribution in [3.05, 3.63) is 33.3 Å². The van der Waals surface area contributed by atoms with Crippen molar-refractivity contribution in [3.8, 4) is 0 Å². The fourth-order valence-corrected chi connectivity index (χ4v) is 4.48. The molecule has 1 aromatic rings. The largest absolute Gasteiger partial charge is 0.356 e. The zero-order valence-corrected chi connectivity index (χ0v) is 15.2. The normalized spacial score (nSPS) is 19.8. The van der Waals surface area contributed by atoms with E-state index in [0.29, 0.717) is 18.5 Å². The number of amides is 1. The number of rotatable bonds is 5. The number of nitrogens with one attached hydrogen (secondary N) is 1. The maximum absolute atomic E-state index is 12.5. The summed E-state index contributed by atoms with van der Waals surface area (Å²) in [4.78, 5) is 29.2. The van der Waals surface area contributed by atoms with Crippen molar-refractivity contribution >= 4 is 17.7 Å². The number of fused-ring (bicyclic) bond motifs is 1. The van der Waals surface area contributed by atoms with Crippen LogP contribution in [0.15, 0.2) is 21.6 Å². The molecule has 0 fully saturated rings. The highest BCUT2D eigenvalue weighted by Gasteiger charge is 2.28. The van der Waals surface area contributed by atoms with Gasteiger partial charge in [0.05, 0.1) is 6.04 Å². The van der Waals surface area contributed by atoms with Gasteiger partial charge in [-0.2, -0.15) is 0 Å². The molecule has 0 saturated carbocycles. The van der Waals surface area contributed by atoms with E-state index in [9.17, 15) is 9.59 Å². The predicted molar refractivity (Wildman–Crippen MR) is 96.5 cm³/mol. The lowest BCUT2D eigenvalue weighted by Crippen LogP contribution is -2.32. The minimum atomic E-state index is -0.0850. The molecule has 1 unspecified atom stereocenters. The van der Waals surface area contributed by atoms with Crippen molar-refractivity contribution in [2.45, 2.75) is 63.6 Å². The van der Waals surface area contributed by atoms with E-state index in [1.807, 2.05) is 6.92 Å². The summed E-state index contributed by atoms with van der Waals surface area (Å²) in [6.45, 7) is 4.35. The fraction of sp³-hybridized carbons (Fsp3) is 0.611. The number of aromatic nitrogens is 2. The highest BCUT2D eigenvalue weighted by Crippen LogP contribution is 2.32. The molecular weight excluding hydrogens is 322 g/mol. The second-order valence-corrected chi connectivity index (χ2v) is 7.64. The summed E-state index contributed by atoms with van der Waals surface area (Å²) in [7, 11) is 0. The second-order valence-electron chi connectivity index (χ2n) is 6.66. The van der Waals surface area contributed by atoms with Gasteiger partial charge in [0, 0.05) is 30.0 Å². The topological polar surface area (TPSA) is 64.0 Å². The summed E-state index contributed by atoms with van der Waals surface area (Å²) in [5, 5.41) is 3.75. The van der Waals surface area contributed by atoms with Crippen LogP contribution in [0.3, 0.4) is 0 Å². The minimum absolute atomic E-state index is 0.00680. The molecule has 1 amide bonds. The van der Waals surface area contributed by atoms with Crippen LogP contribution in [-0.4, -0.2) is 27.8 Å². The lowest BCUT2D eigenvalue weighted by Gasteiger charge is -2.15. The second kappa shape index (κ2) is 7.55. The maximum Gasteiger partial charge on any atom is 0.257 e. The Balaban J connectivity index is 1.56. The van der Waals surface area contributed by atoms with Crippen LogP contribution >= 0.6 is 11.8 Å². The van der Waals surface area contributed by atoms with Crippen molar-refractivity contribution < 1.29 is 4.79 Å². The van der Waals surface area contributed by atoms with E-state index < -0.39 is 0 Å². The molecule has 1 N–H and O–H groups in total. The van der Waals surface area contributed by atoms with Gasteiger partial charge in [0.1, 0.15) is 0 Å². The van der Waals surface area contributed by atoms with Crippen LogP contribution in [0.4, 0.5) is 0 Å². The van der Waals surface area contributed by atoms with Gasteiger partial charge in [-0.05, 0) is 46.0 Å². The van der Waals surface area contributed by atoms with Crippen LogP contribution in [0.25, 0.3) is 0 Å². The van der Waals surface area contributed by atoms with Gasteiger partial charge >= 0.3 is 0 Å². The van der Waals surface area contributed by atoms with Crippen molar-refractivity contribution in [2.24, 2.45) is 0 Å². The average Bonchev–Trinajstić information content (AvgIpc) is 2.96. The molecule has 0 spiro atoms. The Morgan fingerprint density at radius 3 is 3.00 bits per heavy atom. The highest BCUT2D eigenvalue weighted by atomic mass is 32.2. The van der Waals surface area contributed by atoms with Crippen molar-refractivity contribution in [1.29, 1.82) is 0 Å². The first-order valence-corrected chi connectivity index (χ1v) is 9.72. The standard InChI is InChI=1S/C18H25N3O2S/c1-12-13(2)20-18-21(17(12)23)15(11-24-18)10-16(22)19-9-8-14-6-4-3-5-7-14/h6,15H,3-5,7-11H2,1-2H3,(H,19,22). The van der Waals surface area contributed by atoms with Gasteiger partial charge < -0.3 is 5.32 Å². The zero-order valence-electron chi connectivity index (χ0n) is 14.4. The number of aryl methyl sites for hydroxylation is 1. The smallest absolute Gasteiger partial charge is 0.257 e. The molecule has 1 aliphatic carbocycles. The molecule has 2 heterocycles. The number of thioether (sulfide) groups is 1. The van der Waals surface area contributed by atoms with Crippen LogP contribution < -0.4 is 10.9 Å². The monoisotopic (exact) mass is 347 g/mol. The molecule has 1 aromatic heterocycles. The van der Waals surface area contributed by atoms with Gasteiger partial charge in [-0.15, -0.1) is 0 Å². The van der Waals surface area contributed by atoms with Crippen LogP contribution in [0, 0.1) is 13.8 Å². The molecular formula is C18H25N3O2S. The number of carbonyl (C=O) groups is 1. The first-order valence-electron chi connectivity index (χ1n) is 8.73. The van der Waals surface area contributed by atoms with Crippen molar-refractivity contribution in [1.82, 2.24) is 14.9 Å². The Kier molecular flexibility index (Phi) is 5.43. The third-order valence-corrected chi connectivity index (χ3v) is 5.99. The molecule has 24 heavy (non-hydrogen) atoms. The molecule has 1 atom stereocenters. The van der Waals surface area contributed by atoms with Gasteiger partial charge in [0.15, 0.2) is 5.16 Å². The summed E-state index contributed by atoms with van der Waals surface area (Å²) >= 11 is 1.56. The van der Waals surface area contributed by atoms with Crippen molar-refractivity contribution in [3.63, 3.8) is 0 Å². The molecule has 0 radical (unpaired) electrons. The Hall–Kier alpha value is -1.56. The molecule has 3 rings (SSSR count). The van der Waals surface area contributed by atoms with Crippen molar-refractivity contribution in [2.75, 3.05) is 12.3 Å². The van der Waals surface area contributed by atoms with Crippen LogP contribution in [-0.2, 0) is 4.79 Å². The molecule has 6 heteroatoms. The van der Waals surface area contributed by atoms with E-state index in [1.54, 1.807) is 23.3 Å². The minimum Gasteiger partial charge on any atom is -0.356 e. The Labute approximate surface area is 146 Å². The number of allylic oxidation sites excluding steroid dienone is 1. The van der Waals surface area contributed by atoms with Crippen LogP contribution in [0.1, 0.15) is 55.8 Å². The summed E-state index contributed by atoms with van der Waals surface area (Å²) in [6.07, 6.45) is 8.51. The molecule has 2 aliphatic rings. The average molecular weight is 347 g/mol. The Morgan fingerprint density at radius 1 is 1.42 bits per heavy atom. The van der Waals surface area contributed by atoms with E-state index >= 15 is 0 Å². The molecule has 0 aromatic carbocycles. The van der Waals surface area contributed by atoms with E-state index in [4.69, 9.17) is 0 Å². The maximum atomic E-state index is 12.5. The molecule has 0 bridgehead atoms. The van der Waals surface area contributed by atoms with Gasteiger partial charge in [-0.25, -0.2) is 4.98 Å². The van der Waals surface area contributed by atoms with Crippen LogP contribution in [0.5, 0.6) is 0 Å². The quantitative estimate of drug-likeness (QED) is 0.657. The lowest BCUT2D eigenvalue weighted by molar-refractivity contribution is -0.121. The third-order valence-electron chi connectivity index (χ3n) is 4.90. The van der Waals surface area contributed by atoms with Crippen LogP contribution in [0.2, 0.25) is 0 Å².